The smallest absolute Gasteiger partial charge is 0.407 e. The predicted molar refractivity (Wildman–Crippen MR) is 384 cm³/mol. The summed E-state index contributed by atoms with van der Waals surface area (Å²) in [6.07, 6.45) is -8.69. The summed E-state index contributed by atoms with van der Waals surface area (Å²) in [5, 5.41) is 80.3. The number of rotatable bonds is 30. The number of alkyl carbamates (subject to hydrolysis) is 1. The number of aromatic amines is 1. The quantitative estimate of drug-likeness (QED) is 0.00969. The molecule has 113 heavy (non-hydrogen) atoms. The molecule has 2 aromatic carbocycles. The lowest BCUT2D eigenvalue weighted by Gasteiger charge is -2.30. The van der Waals surface area contributed by atoms with Crippen LogP contribution in [0.25, 0.3) is 10.9 Å². The number of benzene rings is 2. The minimum atomic E-state index is -2.49. The summed E-state index contributed by atoms with van der Waals surface area (Å²) in [6.45, 7) is 2.92. The van der Waals surface area contributed by atoms with Gasteiger partial charge in [-0.2, -0.15) is 0 Å². The number of carbonyl (C=O) groups excluding carboxylic acids is 17. The Balaban J connectivity index is 1.92. The van der Waals surface area contributed by atoms with Gasteiger partial charge in [0.15, 0.2) is 5.78 Å². The fourth-order valence-electron chi connectivity index (χ4n) is 10.8. The Labute approximate surface area is 640 Å². The third kappa shape index (κ3) is 30.7. The number of nitrogens with two attached hydrogens (primary N) is 2. The highest BCUT2D eigenvalue weighted by Crippen LogP contribution is 2.21. The zero-order chi connectivity index (χ0) is 84.5. The van der Waals surface area contributed by atoms with Crippen LogP contribution in [-0.2, 0) is 107 Å². The first-order valence-electron chi connectivity index (χ1n) is 34.5. The first-order chi connectivity index (χ1) is 53.2. The van der Waals surface area contributed by atoms with Crippen molar-refractivity contribution in [2.24, 2.45) is 11.7 Å². The van der Waals surface area contributed by atoms with E-state index in [0.29, 0.717) is 16.5 Å². The van der Waals surface area contributed by atoms with Gasteiger partial charge in [-0.1, -0.05) is 49.9 Å². The van der Waals surface area contributed by atoms with Crippen LogP contribution in [0, 0.1) is 5.92 Å². The van der Waals surface area contributed by atoms with Gasteiger partial charge in [-0.3, -0.25) is 91.1 Å². The molecular formula is C68H89N17O28. The number of cyclic esters (lactones) is 1. The molecule has 0 radical (unpaired) electrons. The standard InChI is InChI=1S/C68H89N17O28/c1-6-18-112-68(111)71-17-11-16-39-59(102)81-43(24-53(96)97)60(103)75-31(3)57(100)79-42(23-52(94)95)58(101)73-27-50(91)78-46(29-86)64(107)84-55(30(2)19-51(92)93)66(109)83-45(21-47(88)36-13-7-9-14-37(36)69)67(110)113-32(4)56(65(108)74-28-49(90)77-39)85-63(106)44(25-54(98)99)82-62(105)41(22-48(70)89)80-61(104)40(76-33(5)87)20-34-26-72-38-15-10-8-12-35(34)38/h6-10,12-15,26,30-32,39-46,55-56,72,86H,1,11,16-25,27-29,69H2,2-5H3,(H2,70,89)(H,71,111)(H,73,101)(H,74,108)(H,75,103)(H,76,87)(H,77,90)(H,78,91)(H,79,100)(H,80,104)(H,81,102)(H,82,105)(H,83,109)(H,84,107)(H,85,106)(H,92,93)(H,94,95)(H,96,97)(H,98,99)/t30?,31-,32-,39+,40+,41-,42+,43+,44+,45+,46-,55+,56+/m1/s1. The maximum atomic E-state index is 14.8. The molecule has 1 aliphatic heterocycles. The number of hydrogen-bond acceptors (Lipinski definition) is 25. The van der Waals surface area contributed by atoms with Gasteiger partial charge < -0.3 is 126 Å². The Morgan fingerprint density at radius 1 is 0.611 bits per heavy atom. The van der Waals surface area contributed by atoms with Crippen LogP contribution in [0.4, 0.5) is 10.5 Å². The molecule has 0 bridgehead atoms. The molecule has 2 heterocycles. The number of primary amides is 1. The molecule has 4 rings (SSSR count). The number of para-hydroxylation sites is 2. The number of aliphatic carboxylic acids is 4. The van der Waals surface area contributed by atoms with E-state index in [0.717, 1.165) is 27.7 Å². The molecule has 45 nitrogen and oxygen atoms in total. The van der Waals surface area contributed by atoms with Gasteiger partial charge in [-0.05, 0) is 56.4 Å². The van der Waals surface area contributed by atoms with E-state index in [1.54, 1.807) is 24.3 Å². The number of hydrogen-bond donors (Lipinski definition) is 22. The summed E-state index contributed by atoms with van der Waals surface area (Å²) in [6, 6.07) is -11.2. The number of esters is 1. The van der Waals surface area contributed by atoms with Crippen molar-refractivity contribution in [3.63, 3.8) is 0 Å². The number of ketones is 1. The van der Waals surface area contributed by atoms with Crippen LogP contribution in [0.3, 0.4) is 0 Å². The molecule has 1 fully saturated rings. The second-order valence-electron chi connectivity index (χ2n) is 25.5. The van der Waals surface area contributed by atoms with Gasteiger partial charge >= 0.3 is 35.9 Å². The molecule has 24 N–H and O–H groups in total. The van der Waals surface area contributed by atoms with E-state index >= 15 is 0 Å². The molecule has 0 aliphatic carbocycles. The van der Waals surface area contributed by atoms with Crippen molar-refractivity contribution in [1.29, 1.82) is 0 Å². The normalized spacial score (nSPS) is 21.2. The van der Waals surface area contributed by atoms with Crippen molar-refractivity contribution in [1.82, 2.24) is 79.4 Å². The highest BCUT2D eigenvalue weighted by atomic mass is 16.6. The van der Waals surface area contributed by atoms with Gasteiger partial charge in [-0.15, -0.1) is 0 Å². The number of carboxylic acid groups (broad SMARTS) is 4. The molecule has 614 valence electrons. The van der Waals surface area contributed by atoms with Gasteiger partial charge in [-0.25, -0.2) is 9.59 Å². The van der Waals surface area contributed by atoms with E-state index < -0.39 is 268 Å². The second-order valence-corrected chi connectivity index (χ2v) is 25.5. The number of Topliss-reactive ketones (excluding diaryl/α,β-unsaturated/α-hetero) is 1. The maximum absolute atomic E-state index is 14.8. The number of nitrogens with one attached hydrogen (secondary N) is 15. The number of aromatic nitrogens is 1. The lowest BCUT2D eigenvalue weighted by Crippen LogP contribution is -2.62. The molecule has 1 aliphatic rings. The number of nitrogen functional groups attached to an aromatic ring is 1. The third-order valence-corrected chi connectivity index (χ3v) is 16.5. The van der Waals surface area contributed by atoms with E-state index in [1.807, 2.05) is 21.3 Å². The maximum Gasteiger partial charge on any atom is 0.407 e. The van der Waals surface area contributed by atoms with Crippen molar-refractivity contribution < 1.29 is 136 Å². The number of aliphatic hydroxyl groups excluding tert-OH is 1. The zero-order valence-electron chi connectivity index (χ0n) is 61.2. The highest BCUT2D eigenvalue weighted by Gasteiger charge is 2.41. The fraction of sp³-hybridized carbons (Fsp3) is 0.456. The summed E-state index contributed by atoms with van der Waals surface area (Å²) in [7, 11) is 0. The highest BCUT2D eigenvalue weighted by molar-refractivity contribution is 6.05. The van der Waals surface area contributed by atoms with Crippen LogP contribution in [0.15, 0.2) is 67.4 Å². The Morgan fingerprint density at radius 2 is 1.16 bits per heavy atom. The number of carbonyl (C=O) groups is 21. The van der Waals surface area contributed by atoms with Crippen molar-refractivity contribution in [3.8, 4) is 0 Å². The number of H-pyrrole nitrogens is 1. The van der Waals surface area contributed by atoms with Gasteiger partial charge in [0.1, 0.15) is 79.2 Å². The topological polar surface area (TPSA) is 714 Å². The van der Waals surface area contributed by atoms with Gasteiger partial charge in [0.25, 0.3) is 0 Å². The molecule has 0 saturated carbocycles. The van der Waals surface area contributed by atoms with E-state index in [2.05, 4.69) is 64.7 Å². The molecule has 3 aromatic rings. The Hall–Kier alpha value is -13.6. The van der Waals surface area contributed by atoms with Crippen molar-refractivity contribution in [3.05, 3.63) is 78.5 Å². The number of amides is 15. The van der Waals surface area contributed by atoms with E-state index in [1.165, 1.54) is 36.5 Å². The Bertz CT molecular complexity index is 4110. The lowest BCUT2D eigenvalue weighted by molar-refractivity contribution is -0.156. The van der Waals surface area contributed by atoms with Crippen LogP contribution in [0.1, 0.15) is 95.0 Å². The van der Waals surface area contributed by atoms with Crippen LogP contribution in [0.5, 0.6) is 0 Å². The predicted octanol–water partition coefficient (Wildman–Crippen LogP) is -7.79. The third-order valence-electron chi connectivity index (χ3n) is 16.5. The minimum absolute atomic E-state index is 0.210. The number of anilines is 1. The van der Waals surface area contributed by atoms with Crippen LogP contribution < -0.4 is 85.9 Å². The molecular weight excluding hydrogens is 1500 g/mol. The average Bonchev–Trinajstić information content (AvgIpc) is 1.79. The summed E-state index contributed by atoms with van der Waals surface area (Å²) < 4.78 is 10.5. The molecule has 0 spiro atoms. The molecule has 1 unspecified atom stereocenters. The van der Waals surface area contributed by atoms with Crippen LogP contribution in [0.2, 0.25) is 0 Å². The van der Waals surface area contributed by atoms with E-state index in [9.17, 15) is 126 Å². The van der Waals surface area contributed by atoms with Gasteiger partial charge in [0, 0.05) is 54.7 Å². The number of ether oxygens (including phenoxy) is 2. The molecule has 45 heteroatoms. The van der Waals surface area contributed by atoms with Gasteiger partial charge in [0.05, 0.1) is 51.8 Å². The lowest BCUT2D eigenvalue weighted by atomic mass is 9.96. The SMILES string of the molecule is C=CCOC(=O)NCCC[C@@H]1NC(=O)CNC(=O)[C@@H](NC(=O)[C@H](CC(=O)O)NC(=O)[C@@H](CC(N)=O)NC(=O)[C@H](Cc2c[nH]c3ccccc23)NC(C)=O)[C@@H](C)OC(=O)[C@H](CC(=O)c2ccccc2N)NC(=O)[C@H](C(C)CC(=O)O)NC(=O)[C@@H](CO)NC(=O)CNC(=O)[C@H](CC(=O)O)NC(=O)[C@@H](C)NC(=O)[C@H](CC(=O)O)NC1=O. The molecule has 1 saturated heterocycles. The summed E-state index contributed by atoms with van der Waals surface area (Å²) >= 11 is 0. The Morgan fingerprint density at radius 3 is 1.75 bits per heavy atom. The van der Waals surface area contributed by atoms with Crippen LogP contribution in [-0.4, -0.2) is 260 Å². The number of aliphatic hydroxyl groups is 1. The monoisotopic (exact) mass is 1590 g/mol. The first-order valence-corrected chi connectivity index (χ1v) is 34.5. The molecule has 13 atom stereocenters. The largest absolute Gasteiger partial charge is 0.481 e. The van der Waals surface area contributed by atoms with Gasteiger partial charge in [0.2, 0.25) is 82.7 Å². The fourth-order valence-corrected chi connectivity index (χ4v) is 10.8. The van der Waals surface area contributed by atoms with E-state index in [-0.39, 0.29) is 37.2 Å². The number of carboxylic acids is 4. The van der Waals surface area contributed by atoms with E-state index in [4.69, 9.17) is 20.9 Å². The molecule has 1 aromatic heterocycles. The van der Waals surface area contributed by atoms with Crippen molar-refractivity contribution in [2.75, 3.05) is 38.6 Å². The Kier molecular flexibility index (Phi) is 36.3. The second kappa shape index (κ2) is 44.7. The first kappa shape index (κ1) is 91.7. The number of fused-ring (bicyclic) bond motifs is 1. The average molecular weight is 1590 g/mol. The summed E-state index contributed by atoms with van der Waals surface area (Å²) in [5.41, 5.74) is 12.2. The minimum Gasteiger partial charge on any atom is -0.481 e. The van der Waals surface area contributed by atoms with Crippen LogP contribution >= 0.6 is 0 Å². The summed E-state index contributed by atoms with van der Waals surface area (Å²) in [4.78, 5) is 287. The van der Waals surface area contributed by atoms with Crippen molar-refractivity contribution >= 4 is 141 Å². The zero-order valence-corrected chi connectivity index (χ0v) is 61.2. The molecule has 15 amide bonds. The summed E-state index contributed by atoms with van der Waals surface area (Å²) in [5.74, 6) is -30.6. The van der Waals surface area contributed by atoms with Crippen molar-refractivity contribution in [2.45, 2.75) is 158 Å².